The van der Waals surface area contributed by atoms with Crippen molar-refractivity contribution in [2.75, 3.05) is 18.1 Å². The summed E-state index contributed by atoms with van der Waals surface area (Å²) in [6.45, 7) is 7.18. The number of para-hydroxylation sites is 2. The van der Waals surface area contributed by atoms with E-state index in [-0.39, 0.29) is 18.4 Å². The third kappa shape index (κ3) is 4.80. The molecular weight excluding hydrogens is 438 g/mol. The van der Waals surface area contributed by atoms with Gasteiger partial charge < -0.3 is 19.3 Å². The van der Waals surface area contributed by atoms with Crippen LogP contribution in [0.25, 0.3) is 11.0 Å². The maximum Gasteiger partial charge on any atom is 0.227 e. The van der Waals surface area contributed by atoms with Crippen LogP contribution in [0.5, 0.6) is 5.75 Å². The molecule has 1 aliphatic rings. The van der Waals surface area contributed by atoms with Crippen molar-refractivity contribution in [1.29, 1.82) is 0 Å². The van der Waals surface area contributed by atoms with Crippen LogP contribution < -0.4 is 9.64 Å². The first-order valence-electron chi connectivity index (χ1n) is 12.1. The molecule has 2 atom stereocenters. The quantitative estimate of drug-likeness (QED) is 0.417. The Morgan fingerprint density at radius 3 is 2.54 bits per heavy atom. The fourth-order valence-electron chi connectivity index (χ4n) is 4.86. The summed E-state index contributed by atoms with van der Waals surface area (Å²) in [6, 6.07) is 22.0. The molecule has 3 aromatic carbocycles. The second-order valence-corrected chi connectivity index (χ2v) is 9.54. The number of benzene rings is 3. The van der Waals surface area contributed by atoms with Gasteiger partial charge in [-0.3, -0.25) is 4.79 Å². The van der Waals surface area contributed by atoms with Gasteiger partial charge in [0.15, 0.2) is 0 Å². The van der Waals surface area contributed by atoms with Crippen LogP contribution in [0.15, 0.2) is 66.7 Å². The summed E-state index contributed by atoms with van der Waals surface area (Å²) < 4.78 is 7.99. The molecule has 1 saturated heterocycles. The Labute approximate surface area is 205 Å². The molecule has 180 valence electrons. The Morgan fingerprint density at radius 2 is 1.77 bits per heavy atom. The van der Waals surface area contributed by atoms with Crippen LogP contribution in [-0.4, -0.2) is 39.8 Å². The molecule has 1 amide bonds. The van der Waals surface area contributed by atoms with Crippen molar-refractivity contribution < 1.29 is 14.6 Å². The number of fused-ring (bicyclic) bond motifs is 1. The van der Waals surface area contributed by atoms with Gasteiger partial charge in [-0.25, -0.2) is 4.98 Å². The van der Waals surface area contributed by atoms with Crippen molar-refractivity contribution in [2.24, 2.45) is 0 Å². The van der Waals surface area contributed by atoms with E-state index in [4.69, 9.17) is 9.72 Å². The number of hydrogen-bond acceptors (Lipinski definition) is 4. The van der Waals surface area contributed by atoms with Crippen molar-refractivity contribution >= 4 is 22.6 Å². The molecule has 0 radical (unpaired) electrons. The highest BCUT2D eigenvalue weighted by Gasteiger charge is 2.35. The molecule has 1 fully saturated rings. The van der Waals surface area contributed by atoms with Crippen molar-refractivity contribution in [2.45, 2.75) is 45.8 Å². The van der Waals surface area contributed by atoms with Crippen molar-refractivity contribution in [3.63, 3.8) is 0 Å². The number of nitrogens with zero attached hydrogens (tertiary/aromatic N) is 3. The highest BCUT2D eigenvalue weighted by molar-refractivity contribution is 5.96. The summed E-state index contributed by atoms with van der Waals surface area (Å²) >= 11 is 0. The number of anilines is 1. The Hall–Kier alpha value is -3.64. The van der Waals surface area contributed by atoms with Crippen LogP contribution in [0, 0.1) is 20.8 Å². The SMILES string of the molecule is Cc1ccc(N2C[C@H](c3nc4ccccc4n3C[C@@H](O)COc3ccc(C)cc3C)CC2=O)cc1. The van der Waals surface area contributed by atoms with Crippen LogP contribution in [0.4, 0.5) is 5.69 Å². The molecule has 6 nitrogen and oxygen atoms in total. The fourth-order valence-corrected chi connectivity index (χ4v) is 4.86. The molecule has 1 N–H and O–H groups in total. The molecule has 0 saturated carbocycles. The lowest BCUT2D eigenvalue weighted by molar-refractivity contribution is -0.117. The largest absolute Gasteiger partial charge is 0.491 e. The lowest BCUT2D eigenvalue weighted by Gasteiger charge is -2.19. The maximum absolute atomic E-state index is 12.9. The summed E-state index contributed by atoms with van der Waals surface area (Å²) in [5.74, 6) is 1.65. The highest BCUT2D eigenvalue weighted by atomic mass is 16.5. The van der Waals surface area contributed by atoms with Gasteiger partial charge in [-0.05, 0) is 56.7 Å². The van der Waals surface area contributed by atoms with E-state index in [1.165, 1.54) is 5.56 Å². The lowest BCUT2D eigenvalue weighted by atomic mass is 10.1. The van der Waals surface area contributed by atoms with Crippen LogP contribution in [0.3, 0.4) is 0 Å². The number of hydrogen-bond donors (Lipinski definition) is 1. The number of aliphatic hydroxyl groups is 1. The molecular formula is C29H31N3O3. The number of aromatic nitrogens is 2. The molecule has 6 heteroatoms. The zero-order valence-electron chi connectivity index (χ0n) is 20.4. The minimum absolute atomic E-state index is 0.0522. The predicted molar refractivity (Wildman–Crippen MR) is 138 cm³/mol. The van der Waals surface area contributed by atoms with E-state index in [1.54, 1.807) is 0 Å². The van der Waals surface area contributed by atoms with Gasteiger partial charge in [-0.1, -0.05) is 47.5 Å². The molecule has 0 aliphatic carbocycles. The molecule has 4 aromatic rings. The average molecular weight is 470 g/mol. The second kappa shape index (κ2) is 9.55. The van der Waals surface area contributed by atoms with Crippen LogP contribution >= 0.6 is 0 Å². The molecule has 35 heavy (non-hydrogen) atoms. The first kappa shape index (κ1) is 23.1. The van der Waals surface area contributed by atoms with Gasteiger partial charge in [-0.2, -0.15) is 0 Å². The number of aryl methyl sites for hydroxylation is 3. The number of imidazole rings is 1. The summed E-state index contributed by atoms with van der Waals surface area (Å²) in [5, 5.41) is 10.9. The molecule has 0 bridgehead atoms. The molecule has 1 aromatic heterocycles. The zero-order valence-corrected chi connectivity index (χ0v) is 20.4. The van der Waals surface area contributed by atoms with E-state index in [0.717, 1.165) is 39.4 Å². The standard InChI is InChI=1S/C29H31N3O3/c1-19-8-11-23(12-9-19)31-16-22(15-28(31)34)29-30-25-6-4-5-7-26(25)32(29)17-24(33)18-35-27-13-10-20(2)14-21(27)3/h4-14,22,24,33H,15-18H2,1-3H3/t22-,24-/m1/s1. The van der Waals surface area contributed by atoms with Crippen molar-refractivity contribution in [1.82, 2.24) is 9.55 Å². The number of ether oxygens (including phenoxy) is 1. The third-order valence-corrected chi connectivity index (χ3v) is 6.67. The van der Waals surface area contributed by atoms with E-state index < -0.39 is 6.10 Å². The minimum atomic E-state index is -0.725. The normalized spacial score (nSPS) is 16.7. The first-order chi connectivity index (χ1) is 16.9. The first-order valence-corrected chi connectivity index (χ1v) is 12.1. The van der Waals surface area contributed by atoms with E-state index in [9.17, 15) is 9.90 Å². The van der Waals surface area contributed by atoms with Crippen LogP contribution in [0.1, 0.15) is 34.9 Å². The van der Waals surface area contributed by atoms with Gasteiger partial charge in [0.2, 0.25) is 5.91 Å². The van der Waals surface area contributed by atoms with Crippen molar-refractivity contribution in [3.05, 3.63) is 89.2 Å². The van der Waals surface area contributed by atoms with Gasteiger partial charge in [-0.15, -0.1) is 0 Å². The number of carbonyl (C=O) groups is 1. The maximum atomic E-state index is 12.9. The number of amides is 1. The van der Waals surface area contributed by atoms with Gasteiger partial charge in [0.25, 0.3) is 0 Å². The van der Waals surface area contributed by atoms with E-state index >= 15 is 0 Å². The Balaban J connectivity index is 1.37. The molecule has 0 spiro atoms. The third-order valence-electron chi connectivity index (χ3n) is 6.67. The van der Waals surface area contributed by atoms with E-state index in [1.807, 2.05) is 86.3 Å². The van der Waals surface area contributed by atoms with Gasteiger partial charge in [0.1, 0.15) is 24.3 Å². The monoisotopic (exact) mass is 469 g/mol. The average Bonchev–Trinajstić information content (AvgIpc) is 3.40. The fraction of sp³-hybridized carbons (Fsp3) is 0.310. The Morgan fingerprint density at radius 1 is 1.03 bits per heavy atom. The summed E-state index contributed by atoms with van der Waals surface area (Å²) in [5.41, 5.74) is 6.12. The molecule has 0 unspecified atom stereocenters. The summed E-state index contributed by atoms with van der Waals surface area (Å²) in [7, 11) is 0. The smallest absolute Gasteiger partial charge is 0.227 e. The summed E-state index contributed by atoms with van der Waals surface area (Å²) in [6.07, 6.45) is -0.329. The Kier molecular flexibility index (Phi) is 6.31. The minimum Gasteiger partial charge on any atom is -0.491 e. The number of rotatable bonds is 7. The highest BCUT2D eigenvalue weighted by Crippen LogP contribution is 2.33. The van der Waals surface area contributed by atoms with Gasteiger partial charge in [0.05, 0.1) is 17.6 Å². The second-order valence-electron chi connectivity index (χ2n) is 9.54. The Bertz CT molecular complexity index is 1360. The molecule has 5 rings (SSSR count). The van der Waals surface area contributed by atoms with Crippen LogP contribution in [0.2, 0.25) is 0 Å². The van der Waals surface area contributed by atoms with Crippen molar-refractivity contribution in [3.8, 4) is 5.75 Å². The summed E-state index contributed by atoms with van der Waals surface area (Å²) in [4.78, 5) is 19.7. The van der Waals surface area contributed by atoms with Gasteiger partial charge >= 0.3 is 0 Å². The molecule has 1 aliphatic heterocycles. The number of aliphatic hydroxyl groups excluding tert-OH is 1. The lowest BCUT2D eigenvalue weighted by Crippen LogP contribution is -2.26. The predicted octanol–water partition coefficient (Wildman–Crippen LogP) is 4.92. The molecule has 2 heterocycles. The van der Waals surface area contributed by atoms with Gasteiger partial charge in [0, 0.05) is 24.6 Å². The van der Waals surface area contributed by atoms with E-state index in [0.29, 0.717) is 19.5 Å². The zero-order chi connectivity index (χ0) is 24.5. The topological polar surface area (TPSA) is 67.6 Å². The van der Waals surface area contributed by atoms with E-state index in [2.05, 4.69) is 10.6 Å². The van der Waals surface area contributed by atoms with Crippen LogP contribution in [-0.2, 0) is 11.3 Å². The number of carbonyl (C=O) groups excluding carboxylic acids is 1.